The standard InChI is InChI=1S/C9H14N4OS/c1-2-3-13-8(10-11-9(13)15)12-4-6-14-7-5-12/h2H,1,3-7H2,(H,11,15). The van der Waals surface area contributed by atoms with Gasteiger partial charge < -0.3 is 9.64 Å². The molecule has 15 heavy (non-hydrogen) atoms. The Balaban J connectivity index is 2.25. The largest absolute Gasteiger partial charge is 0.378 e. The normalized spacial score (nSPS) is 16.7. The summed E-state index contributed by atoms with van der Waals surface area (Å²) in [6.07, 6.45) is 1.81. The second-order valence-electron chi connectivity index (χ2n) is 3.33. The van der Waals surface area contributed by atoms with Gasteiger partial charge in [-0.3, -0.25) is 4.57 Å². The highest BCUT2D eigenvalue weighted by Gasteiger charge is 2.16. The van der Waals surface area contributed by atoms with E-state index < -0.39 is 0 Å². The van der Waals surface area contributed by atoms with Crippen LogP contribution in [0.1, 0.15) is 0 Å². The number of anilines is 1. The third-order valence-electron chi connectivity index (χ3n) is 2.34. The third-order valence-corrected chi connectivity index (χ3v) is 2.66. The van der Waals surface area contributed by atoms with E-state index in [4.69, 9.17) is 17.0 Å². The number of hydrogen-bond donors (Lipinski definition) is 1. The van der Waals surface area contributed by atoms with Crippen LogP contribution in [0, 0.1) is 4.77 Å². The second kappa shape index (κ2) is 4.59. The first-order valence-corrected chi connectivity index (χ1v) is 5.32. The van der Waals surface area contributed by atoms with Gasteiger partial charge in [-0.05, 0) is 12.2 Å². The van der Waals surface area contributed by atoms with Gasteiger partial charge in [-0.1, -0.05) is 6.08 Å². The van der Waals surface area contributed by atoms with Crippen molar-refractivity contribution in [2.45, 2.75) is 6.54 Å². The molecule has 0 aliphatic carbocycles. The van der Waals surface area contributed by atoms with Crippen LogP contribution in [0.3, 0.4) is 0 Å². The molecule has 0 unspecified atom stereocenters. The van der Waals surface area contributed by atoms with Crippen LogP contribution in [0.4, 0.5) is 5.95 Å². The minimum absolute atomic E-state index is 0.636. The number of morpholine rings is 1. The van der Waals surface area contributed by atoms with Gasteiger partial charge >= 0.3 is 0 Å². The van der Waals surface area contributed by atoms with Gasteiger partial charge in [0.05, 0.1) is 13.2 Å². The molecule has 1 saturated heterocycles. The Labute approximate surface area is 93.3 Å². The summed E-state index contributed by atoms with van der Waals surface area (Å²) in [5.74, 6) is 0.878. The lowest BCUT2D eigenvalue weighted by molar-refractivity contribution is 0.121. The summed E-state index contributed by atoms with van der Waals surface area (Å²) in [6.45, 7) is 7.60. The van der Waals surface area contributed by atoms with Gasteiger partial charge in [-0.25, -0.2) is 5.10 Å². The molecule has 1 aliphatic heterocycles. The molecule has 1 aromatic heterocycles. The second-order valence-corrected chi connectivity index (χ2v) is 3.71. The number of aromatic amines is 1. The highest BCUT2D eigenvalue weighted by atomic mass is 32.1. The minimum atomic E-state index is 0.636. The molecule has 0 radical (unpaired) electrons. The summed E-state index contributed by atoms with van der Waals surface area (Å²) >= 11 is 5.15. The van der Waals surface area contributed by atoms with Crippen molar-refractivity contribution in [2.75, 3.05) is 31.2 Å². The molecule has 0 saturated carbocycles. The predicted molar refractivity (Wildman–Crippen MR) is 60.6 cm³/mol. The van der Waals surface area contributed by atoms with E-state index in [1.807, 2.05) is 10.6 Å². The molecular weight excluding hydrogens is 212 g/mol. The van der Waals surface area contributed by atoms with Crippen molar-refractivity contribution in [1.82, 2.24) is 14.8 Å². The van der Waals surface area contributed by atoms with Crippen molar-refractivity contribution >= 4 is 18.2 Å². The van der Waals surface area contributed by atoms with Crippen molar-refractivity contribution in [3.8, 4) is 0 Å². The molecule has 0 amide bonds. The first-order chi connectivity index (χ1) is 7.33. The molecule has 0 atom stereocenters. The SMILES string of the molecule is C=CCn1c(N2CCOCC2)n[nH]c1=S. The monoisotopic (exact) mass is 226 g/mol. The van der Waals surface area contributed by atoms with Gasteiger partial charge in [0.15, 0.2) is 4.77 Å². The van der Waals surface area contributed by atoms with Gasteiger partial charge in [-0.2, -0.15) is 0 Å². The molecule has 1 aliphatic rings. The Morgan fingerprint density at radius 1 is 1.53 bits per heavy atom. The zero-order valence-corrected chi connectivity index (χ0v) is 9.29. The van der Waals surface area contributed by atoms with Crippen LogP contribution in [-0.2, 0) is 11.3 Å². The van der Waals surface area contributed by atoms with Crippen LogP contribution in [0.25, 0.3) is 0 Å². The van der Waals surface area contributed by atoms with Crippen LogP contribution < -0.4 is 4.90 Å². The molecule has 6 heteroatoms. The molecular formula is C9H14N4OS. The average Bonchev–Trinajstić information content (AvgIpc) is 2.63. The summed E-state index contributed by atoms with van der Waals surface area (Å²) in [7, 11) is 0. The molecule has 1 N–H and O–H groups in total. The lowest BCUT2D eigenvalue weighted by atomic mass is 10.4. The fourth-order valence-electron chi connectivity index (χ4n) is 1.61. The van der Waals surface area contributed by atoms with Gasteiger partial charge in [0.25, 0.3) is 0 Å². The average molecular weight is 226 g/mol. The fourth-order valence-corrected chi connectivity index (χ4v) is 1.81. The summed E-state index contributed by atoms with van der Waals surface area (Å²) in [6, 6.07) is 0. The zero-order valence-electron chi connectivity index (χ0n) is 8.48. The minimum Gasteiger partial charge on any atom is -0.378 e. The number of allylic oxidation sites excluding steroid dienone is 1. The Bertz CT molecular complexity index is 391. The van der Waals surface area contributed by atoms with Gasteiger partial charge in [0, 0.05) is 19.6 Å². The predicted octanol–water partition coefficient (Wildman–Crippen LogP) is 0.963. The molecule has 1 aromatic rings. The van der Waals surface area contributed by atoms with E-state index in [9.17, 15) is 0 Å². The molecule has 2 rings (SSSR count). The van der Waals surface area contributed by atoms with E-state index in [2.05, 4.69) is 21.7 Å². The van der Waals surface area contributed by atoms with Crippen LogP contribution in [0.15, 0.2) is 12.7 Å². The topological polar surface area (TPSA) is 46.1 Å². The third kappa shape index (κ3) is 2.10. The van der Waals surface area contributed by atoms with Crippen LogP contribution in [0.5, 0.6) is 0 Å². The summed E-state index contributed by atoms with van der Waals surface area (Å²) in [5.41, 5.74) is 0. The maximum Gasteiger partial charge on any atom is 0.226 e. The molecule has 0 bridgehead atoms. The Morgan fingerprint density at radius 2 is 2.27 bits per heavy atom. The van der Waals surface area contributed by atoms with Crippen molar-refractivity contribution in [3.05, 3.63) is 17.4 Å². The van der Waals surface area contributed by atoms with Crippen LogP contribution in [0.2, 0.25) is 0 Å². The first kappa shape index (κ1) is 10.4. The van der Waals surface area contributed by atoms with Crippen LogP contribution >= 0.6 is 12.2 Å². The molecule has 1 fully saturated rings. The smallest absolute Gasteiger partial charge is 0.226 e. The summed E-state index contributed by atoms with van der Waals surface area (Å²) in [5, 5.41) is 7.03. The number of hydrogen-bond acceptors (Lipinski definition) is 4. The fraction of sp³-hybridized carbons (Fsp3) is 0.556. The summed E-state index contributed by atoms with van der Waals surface area (Å²) < 4.78 is 7.87. The van der Waals surface area contributed by atoms with Gasteiger partial charge in [0.2, 0.25) is 5.95 Å². The molecule has 0 aromatic carbocycles. The number of aromatic nitrogens is 3. The van der Waals surface area contributed by atoms with Crippen molar-refractivity contribution in [2.24, 2.45) is 0 Å². The van der Waals surface area contributed by atoms with E-state index >= 15 is 0 Å². The van der Waals surface area contributed by atoms with E-state index in [0.717, 1.165) is 32.3 Å². The van der Waals surface area contributed by atoms with Gasteiger partial charge in [-0.15, -0.1) is 11.7 Å². The van der Waals surface area contributed by atoms with E-state index in [1.165, 1.54) is 0 Å². The molecule has 2 heterocycles. The lowest BCUT2D eigenvalue weighted by Gasteiger charge is -2.27. The molecule has 0 spiro atoms. The number of H-pyrrole nitrogens is 1. The Hall–Kier alpha value is -1.14. The number of rotatable bonds is 3. The lowest BCUT2D eigenvalue weighted by Crippen LogP contribution is -2.38. The molecule has 5 nitrogen and oxygen atoms in total. The molecule has 82 valence electrons. The number of nitrogens with one attached hydrogen (secondary N) is 1. The Kier molecular flexibility index (Phi) is 3.17. The van der Waals surface area contributed by atoms with Crippen molar-refractivity contribution in [1.29, 1.82) is 0 Å². The summed E-state index contributed by atoms with van der Waals surface area (Å²) in [4.78, 5) is 2.17. The van der Waals surface area contributed by atoms with Crippen molar-refractivity contribution in [3.63, 3.8) is 0 Å². The quantitative estimate of drug-likeness (QED) is 0.616. The highest BCUT2D eigenvalue weighted by Crippen LogP contribution is 2.12. The van der Waals surface area contributed by atoms with Crippen molar-refractivity contribution < 1.29 is 4.74 Å². The number of nitrogens with zero attached hydrogens (tertiary/aromatic N) is 3. The Morgan fingerprint density at radius 3 is 2.93 bits per heavy atom. The first-order valence-electron chi connectivity index (χ1n) is 4.91. The number of ether oxygens (including phenoxy) is 1. The highest BCUT2D eigenvalue weighted by molar-refractivity contribution is 7.71. The van der Waals surface area contributed by atoms with Gasteiger partial charge in [0.1, 0.15) is 0 Å². The zero-order chi connectivity index (χ0) is 10.7. The van der Waals surface area contributed by atoms with E-state index in [0.29, 0.717) is 11.3 Å². The van der Waals surface area contributed by atoms with E-state index in [-0.39, 0.29) is 0 Å². The van der Waals surface area contributed by atoms with Crippen LogP contribution in [-0.4, -0.2) is 41.1 Å². The van der Waals surface area contributed by atoms with E-state index in [1.54, 1.807) is 0 Å². The maximum atomic E-state index is 5.29. The maximum absolute atomic E-state index is 5.29.